The first kappa shape index (κ1) is 47.6. The highest BCUT2D eigenvalue weighted by molar-refractivity contribution is 8.33. The van der Waals surface area contributed by atoms with Gasteiger partial charge in [0.05, 0.1) is 0 Å². The highest BCUT2D eigenvalue weighted by atomic mass is 32.3. The molecular weight excluding hydrogens is 965 g/mol. The highest BCUT2D eigenvalue weighted by Crippen LogP contribution is 2.72. The number of esters is 2. The van der Waals surface area contributed by atoms with E-state index in [0.717, 1.165) is 0 Å². The summed E-state index contributed by atoms with van der Waals surface area (Å²) in [4.78, 5) is 29.1. The van der Waals surface area contributed by atoms with E-state index in [0.29, 0.717) is 6.42 Å². The van der Waals surface area contributed by atoms with Gasteiger partial charge in [0, 0.05) is 35.8 Å². The number of carbonyl (C=O) groups is 2. The predicted molar refractivity (Wildman–Crippen MR) is 246 cm³/mol. The first-order valence-electron chi connectivity index (χ1n) is 21.5. The second kappa shape index (κ2) is 17.8. The van der Waals surface area contributed by atoms with Crippen molar-refractivity contribution in [1.82, 2.24) is 0 Å². The molecule has 0 aromatic heterocycles. The lowest BCUT2D eigenvalue weighted by Gasteiger charge is -2.60. The van der Waals surface area contributed by atoms with Gasteiger partial charge in [-0.05, 0) is 137 Å². The van der Waals surface area contributed by atoms with Gasteiger partial charge in [0.25, 0.3) is 0 Å². The van der Waals surface area contributed by atoms with Gasteiger partial charge in [-0.15, -0.1) is 0 Å². The number of ether oxygens (including phenoxy) is 2. The maximum absolute atomic E-state index is 16.6. The summed E-state index contributed by atoms with van der Waals surface area (Å²) in [6, 6.07) is 47.4. The quantitative estimate of drug-likeness (QED) is 0.0680. The van der Waals surface area contributed by atoms with Crippen LogP contribution in [0.5, 0.6) is 0 Å². The Kier molecular flexibility index (Phi) is 12.4. The Morgan fingerprint density at radius 1 is 0.412 bits per heavy atom. The van der Waals surface area contributed by atoms with Crippen LogP contribution in [0, 0.1) is 11.8 Å². The molecule has 0 atom stereocenters. The van der Waals surface area contributed by atoms with Crippen molar-refractivity contribution >= 4 is 52.8 Å². The smallest absolute Gasteiger partial charge is 0.454 e. The Balaban J connectivity index is 1.00. The largest absolute Gasteiger partial charge is 0.466 e. The summed E-state index contributed by atoms with van der Waals surface area (Å²) in [7, 11) is -19.5. The summed E-state index contributed by atoms with van der Waals surface area (Å²) in [6.07, 6.45) is -0.454. The van der Waals surface area contributed by atoms with Gasteiger partial charge < -0.3 is 9.47 Å². The van der Waals surface area contributed by atoms with E-state index in [2.05, 4.69) is 0 Å². The first-order valence-corrected chi connectivity index (χ1v) is 27.4. The Bertz CT molecular complexity index is 2600. The fraction of sp³-hybridized carbons (Fsp3) is 0.240. The van der Waals surface area contributed by atoms with E-state index < -0.39 is 92.8 Å². The molecule has 0 amide bonds. The maximum Gasteiger partial charge on any atom is 0.466 e. The van der Waals surface area contributed by atoms with Gasteiger partial charge in [-0.25, -0.2) is 16.8 Å². The fourth-order valence-corrected chi connectivity index (χ4v) is 20.2. The van der Waals surface area contributed by atoms with Crippen LogP contribution in [0.2, 0.25) is 0 Å². The molecule has 6 aromatic carbocycles. The third-order valence-corrected chi connectivity index (χ3v) is 22.8. The standard InChI is InChI=1S/C50H44F4O10S4/c51-49(52,67(57,58)63-65(39-19-7-1-8-20-39,40-21-9-2-10-22-40)41-23-11-3-12-24-41)45(55)61-47-32-37-31-38(33-47)35-48(34-37,36-47)62-46(56)50(53,54)68(59,60)64-66(42-25-13-4-14-26-42,43-27-15-5-16-28-43)44-29-17-6-18-30-44/h1-30,37-38H,31-36H2. The van der Waals surface area contributed by atoms with Crippen LogP contribution < -0.4 is 0 Å². The Morgan fingerprint density at radius 2 is 0.632 bits per heavy atom. The third-order valence-electron chi connectivity index (χ3n) is 12.5. The van der Waals surface area contributed by atoms with Gasteiger partial charge in [0.1, 0.15) is 11.2 Å². The van der Waals surface area contributed by atoms with Crippen molar-refractivity contribution in [2.75, 3.05) is 0 Å². The van der Waals surface area contributed by atoms with Gasteiger partial charge in [-0.1, -0.05) is 109 Å². The van der Waals surface area contributed by atoms with Crippen LogP contribution in [0.25, 0.3) is 0 Å². The van der Waals surface area contributed by atoms with Crippen LogP contribution in [0.4, 0.5) is 17.6 Å². The Labute approximate surface area is 394 Å². The maximum atomic E-state index is 16.6. The Hall–Kier alpha value is -5.50. The lowest BCUT2D eigenvalue weighted by atomic mass is 9.52. The van der Waals surface area contributed by atoms with Crippen molar-refractivity contribution in [2.24, 2.45) is 11.8 Å². The van der Waals surface area contributed by atoms with Gasteiger partial charge in [-0.3, -0.25) is 0 Å². The van der Waals surface area contributed by atoms with Crippen LogP contribution in [0.3, 0.4) is 0 Å². The number of benzene rings is 6. The van der Waals surface area contributed by atoms with Gasteiger partial charge in [-0.2, -0.15) is 34.4 Å². The molecule has 0 saturated heterocycles. The molecule has 4 aliphatic carbocycles. The molecule has 10 rings (SSSR count). The molecule has 0 heterocycles. The van der Waals surface area contributed by atoms with Crippen molar-refractivity contribution in [3.8, 4) is 0 Å². The summed E-state index contributed by atoms with van der Waals surface area (Å²) in [6.45, 7) is 0. The van der Waals surface area contributed by atoms with Gasteiger partial charge in [0.15, 0.2) is 0 Å². The fourth-order valence-electron chi connectivity index (χ4n) is 10.1. The monoisotopic (exact) mass is 1010 g/mol. The zero-order valence-corrected chi connectivity index (χ0v) is 39.2. The molecule has 0 N–H and O–H groups in total. The van der Waals surface area contributed by atoms with Crippen molar-refractivity contribution in [1.29, 1.82) is 0 Å². The Morgan fingerprint density at radius 3 is 0.853 bits per heavy atom. The number of alkyl halides is 4. The third kappa shape index (κ3) is 8.31. The number of halogens is 4. The number of hydrogen-bond donors (Lipinski definition) is 0. The van der Waals surface area contributed by atoms with E-state index in [-0.39, 0.29) is 55.1 Å². The normalized spacial score (nSPS) is 22.2. The molecular formula is C50H44F4O10S4. The molecule has 4 saturated carbocycles. The zero-order valence-electron chi connectivity index (χ0n) is 35.9. The minimum absolute atomic E-state index is 0.0757. The summed E-state index contributed by atoms with van der Waals surface area (Å²) >= 11 is 0. The molecule has 0 unspecified atom stereocenters. The molecule has 0 spiro atoms. The molecule has 0 aliphatic heterocycles. The van der Waals surface area contributed by atoms with Crippen LogP contribution in [-0.2, 0) is 46.6 Å². The van der Waals surface area contributed by atoms with Gasteiger partial charge in [0.2, 0.25) is 0 Å². The topological polar surface area (TPSA) is 139 Å². The van der Waals surface area contributed by atoms with E-state index >= 15 is 17.6 Å². The van der Waals surface area contributed by atoms with Crippen molar-refractivity contribution in [3.63, 3.8) is 0 Å². The average molecular weight is 1010 g/mol. The molecule has 4 fully saturated rings. The summed E-state index contributed by atoms with van der Waals surface area (Å²) in [5, 5.41) is -10.6. The summed E-state index contributed by atoms with van der Waals surface area (Å²) in [5.41, 5.74) is -3.80. The van der Waals surface area contributed by atoms with E-state index in [4.69, 9.17) is 16.7 Å². The molecule has 68 heavy (non-hydrogen) atoms. The second-order valence-electron chi connectivity index (χ2n) is 17.2. The SMILES string of the molecule is O=C(OC12CC3CC(C1)CC(OC(=O)C(F)(F)S(=O)(=O)OS(c1ccccc1)(c1ccccc1)c1ccccc1)(C3)C2)C(F)(F)S(=O)(=O)OS(c1ccccc1)(c1ccccc1)c1ccccc1. The van der Waals surface area contributed by atoms with Crippen molar-refractivity contribution in [3.05, 3.63) is 182 Å². The van der Waals surface area contributed by atoms with Gasteiger partial charge >= 0.3 is 42.7 Å². The molecule has 356 valence electrons. The first-order chi connectivity index (χ1) is 32.4. The van der Waals surface area contributed by atoms with E-state index in [1.165, 1.54) is 72.8 Å². The van der Waals surface area contributed by atoms with Crippen LogP contribution in [0.1, 0.15) is 38.5 Å². The lowest BCUT2D eigenvalue weighted by molar-refractivity contribution is -0.242. The second-order valence-corrected chi connectivity index (χ2v) is 26.2. The lowest BCUT2D eigenvalue weighted by Crippen LogP contribution is -2.63. The molecule has 0 radical (unpaired) electrons. The number of rotatable bonds is 16. The molecule has 4 bridgehead atoms. The molecule has 4 aliphatic rings. The van der Waals surface area contributed by atoms with Crippen LogP contribution >= 0.6 is 20.6 Å². The van der Waals surface area contributed by atoms with E-state index in [1.54, 1.807) is 109 Å². The molecule has 10 nitrogen and oxygen atoms in total. The van der Waals surface area contributed by atoms with Crippen LogP contribution in [0.15, 0.2) is 211 Å². The summed E-state index contributed by atoms with van der Waals surface area (Å²) in [5.74, 6) is -5.96. The minimum Gasteiger partial charge on any atom is -0.454 e. The average Bonchev–Trinajstić information content (AvgIpc) is 3.33. The number of hydrogen-bond acceptors (Lipinski definition) is 10. The predicted octanol–water partition coefficient (Wildman–Crippen LogP) is 11.8. The number of carbonyl (C=O) groups excluding carboxylic acids is 2. The van der Waals surface area contributed by atoms with E-state index in [9.17, 15) is 26.4 Å². The minimum atomic E-state index is -6.22. The van der Waals surface area contributed by atoms with Crippen molar-refractivity contribution in [2.45, 2.75) is 89.6 Å². The van der Waals surface area contributed by atoms with Crippen molar-refractivity contribution < 1.29 is 60.7 Å². The molecule has 6 aromatic rings. The molecule has 18 heteroatoms. The summed E-state index contributed by atoms with van der Waals surface area (Å²) < 4.78 is 146. The van der Waals surface area contributed by atoms with E-state index in [1.807, 2.05) is 0 Å². The highest BCUT2D eigenvalue weighted by Gasteiger charge is 2.68. The zero-order chi connectivity index (χ0) is 48.1. The van der Waals surface area contributed by atoms with Crippen LogP contribution in [-0.4, -0.2) is 50.5 Å².